The van der Waals surface area contributed by atoms with E-state index in [1.54, 1.807) is 11.3 Å². The molecule has 0 saturated heterocycles. The summed E-state index contributed by atoms with van der Waals surface area (Å²) in [7, 11) is 0. The first-order valence-electron chi connectivity index (χ1n) is 7.48. The predicted molar refractivity (Wildman–Crippen MR) is 89.7 cm³/mol. The molecule has 0 bridgehead atoms. The van der Waals surface area contributed by atoms with E-state index >= 15 is 0 Å². The average Bonchev–Trinajstić information content (AvgIpc) is 3.08. The number of imidazole rings is 1. The summed E-state index contributed by atoms with van der Waals surface area (Å²) < 4.78 is 2.32. The molecule has 110 valence electrons. The van der Waals surface area contributed by atoms with Crippen molar-refractivity contribution in [3.05, 3.63) is 52.5 Å². The van der Waals surface area contributed by atoms with Crippen LogP contribution in [0, 0.1) is 0 Å². The Morgan fingerprint density at radius 3 is 2.86 bits per heavy atom. The zero-order valence-electron chi connectivity index (χ0n) is 12.3. The lowest BCUT2D eigenvalue weighted by Gasteiger charge is -2.12. The summed E-state index contributed by atoms with van der Waals surface area (Å²) in [6, 6.07) is 10.6. The Kier molecular flexibility index (Phi) is 4.36. The second kappa shape index (κ2) is 6.41. The summed E-state index contributed by atoms with van der Waals surface area (Å²) in [6.45, 7) is 3.20. The number of rotatable bonds is 6. The van der Waals surface area contributed by atoms with E-state index < -0.39 is 0 Å². The summed E-state index contributed by atoms with van der Waals surface area (Å²) in [5.41, 5.74) is 9.95. The summed E-state index contributed by atoms with van der Waals surface area (Å²) in [5, 5.41) is 4.28. The zero-order chi connectivity index (χ0) is 14.7. The Morgan fingerprint density at radius 2 is 2.10 bits per heavy atom. The van der Waals surface area contributed by atoms with Crippen molar-refractivity contribution < 1.29 is 0 Å². The molecule has 1 atom stereocenters. The lowest BCUT2D eigenvalue weighted by atomic mass is 10.1. The number of nitrogens with zero attached hydrogens (tertiary/aromatic N) is 2. The van der Waals surface area contributed by atoms with Crippen LogP contribution in [0.4, 0.5) is 0 Å². The molecule has 2 heterocycles. The third-order valence-electron chi connectivity index (χ3n) is 3.70. The fraction of sp³-hybridized carbons (Fsp3) is 0.353. The van der Waals surface area contributed by atoms with Crippen molar-refractivity contribution >= 4 is 22.4 Å². The molecule has 0 aliphatic carbocycles. The molecule has 21 heavy (non-hydrogen) atoms. The Morgan fingerprint density at radius 1 is 1.24 bits per heavy atom. The van der Waals surface area contributed by atoms with Gasteiger partial charge in [0.1, 0.15) is 5.82 Å². The monoisotopic (exact) mass is 299 g/mol. The lowest BCUT2D eigenvalue weighted by Crippen LogP contribution is -2.27. The van der Waals surface area contributed by atoms with Crippen LogP contribution in [0.15, 0.2) is 41.1 Å². The highest BCUT2D eigenvalue weighted by molar-refractivity contribution is 7.07. The second-order valence-electron chi connectivity index (χ2n) is 5.47. The molecule has 0 radical (unpaired) electrons. The van der Waals surface area contributed by atoms with E-state index in [4.69, 9.17) is 10.7 Å². The van der Waals surface area contributed by atoms with Crippen LogP contribution in [-0.2, 0) is 19.4 Å². The minimum absolute atomic E-state index is 0.118. The van der Waals surface area contributed by atoms with E-state index in [9.17, 15) is 0 Å². The Balaban J connectivity index is 1.83. The van der Waals surface area contributed by atoms with Crippen LogP contribution in [0.25, 0.3) is 11.0 Å². The van der Waals surface area contributed by atoms with Crippen molar-refractivity contribution in [2.24, 2.45) is 5.73 Å². The SMILES string of the molecule is CCCn1c(CC(N)Cc2ccsc2)nc2ccccc21. The van der Waals surface area contributed by atoms with Crippen LogP contribution in [0.5, 0.6) is 0 Å². The molecule has 0 fully saturated rings. The third kappa shape index (κ3) is 3.17. The van der Waals surface area contributed by atoms with Crippen LogP contribution in [0.1, 0.15) is 24.7 Å². The second-order valence-corrected chi connectivity index (χ2v) is 6.25. The van der Waals surface area contributed by atoms with Gasteiger partial charge in [0.25, 0.3) is 0 Å². The van der Waals surface area contributed by atoms with E-state index in [0.717, 1.165) is 37.1 Å². The fourth-order valence-electron chi connectivity index (χ4n) is 2.77. The third-order valence-corrected chi connectivity index (χ3v) is 4.44. The molecular weight excluding hydrogens is 278 g/mol. The van der Waals surface area contributed by atoms with Gasteiger partial charge in [-0.25, -0.2) is 4.98 Å². The smallest absolute Gasteiger partial charge is 0.111 e. The van der Waals surface area contributed by atoms with Crippen LogP contribution in [0.3, 0.4) is 0 Å². The highest BCUT2D eigenvalue weighted by Gasteiger charge is 2.13. The van der Waals surface area contributed by atoms with Gasteiger partial charge in [0.15, 0.2) is 0 Å². The molecule has 0 amide bonds. The van der Waals surface area contributed by atoms with Gasteiger partial charge in [0.2, 0.25) is 0 Å². The maximum absolute atomic E-state index is 6.34. The van der Waals surface area contributed by atoms with Gasteiger partial charge in [-0.2, -0.15) is 11.3 Å². The highest BCUT2D eigenvalue weighted by Crippen LogP contribution is 2.18. The van der Waals surface area contributed by atoms with E-state index in [1.165, 1.54) is 11.1 Å². The number of nitrogens with two attached hydrogens (primary N) is 1. The standard InChI is InChI=1S/C17H21N3S/c1-2-8-20-16-6-4-3-5-15(16)19-17(20)11-14(18)10-13-7-9-21-12-13/h3-7,9,12,14H,2,8,10-11,18H2,1H3. The van der Waals surface area contributed by atoms with E-state index in [-0.39, 0.29) is 6.04 Å². The first kappa shape index (κ1) is 14.3. The van der Waals surface area contributed by atoms with E-state index in [1.807, 2.05) is 6.07 Å². The molecule has 0 spiro atoms. The largest absolute Gasteiger partial charge is 0.328 e. The molecule has 4 heteroatoms. The lowest BCUT2D eigenvalue weighted by molar-refractivity contribution is 0.591. The van der Waals surface area contributed by atoms with Gasteiger partial charge >= 0.3 is 0 Å². The van der Waals surface area contributed by atoms with Gasteiger partial charge in [-0.15, -0.1) is 0 Å². The molecule has 2 N–H and O–H groups in total. The maximum atomic E-state index is 6.34. The zero-order valence-corrected chi connectivity index (χ0v) is 13.1. The van der Waals surface area contributed by atoms with Gasteiger partial charge in [-0.05, 0) is 47.4 Å². The molecule has 3 nitrogen and oxygen atoms in total. The van der Waals surface area contributed by atoms with E-state index in [2.05, 4.69) is 46.5 Å². The minimum Gasteiger partial charge on any atom is -0.328 e. The number of benzene rings is 1. The van der Waals surface area contributed by atoms with Crippen molar-refractivity contribution in [1.29, 1.82) is 0 Å². The first-order valence-corrected chi connectivity index (χ1v) is 8.43. The number of aromatic nitrogens is 2. The highest BCUT2D eigenvalue weighted by atomic mass is 32.1. The Hall–Kier alpha value is -1.65. The van der Waals surface area contributed by atoms with Crippen molar-refractivity contribution in [3.63, 3.8) is 0 Å². The number of hydrogen-bond acceptors (Lipinski definition) is 3. The summed E-state index contributed by atoms with van der Waals surface area (Å²) in [4.78, 5) is 4.79. The number of hydrogen-bond donors (Lipinski definition) is 1. The summed E-state index contributed by atoms with van der Waals surface area (Å²) in [6.07, 6.45) is 2.84. The van der Waals surface area contributed by atoms with Crippen molar-refractivity contribution in [2.45, 2.75) is 38.8 Å². The molecular formula is C17H21N3S. The minimum atomic E-state index is 0.118. The number of fused-ring (bicyclic) bond motifs is 1. The summed E-state index contributed by atoms with van der Waals surface area (Å²) in [5.74, 6) is 1.11. The molecule has 0 saturated carbocycles. The summed E-state index contributed by atoms with van der Waals surface area (Å²) >= 11 is 1.73. The van der Waals surface area contributed by atoms with Crippen LogP contribution in [0.2, 0.25) is 0 Å². The topological polar surface area (TPSA) is 43.8 Å². The van der Waals surface area contributed by atoms with Crippen LogP contribution >= 0.6 is 11.3 Å². The van der Waals surface area contributed by atoms with Crippen molar-refractivity contribution in [2.75, 3.05) is 0 Å². The van der Waals surface area contributed by atoms with Crippen LogP contribution < -0.4 is 5.73 Å². The molecule has 3 rings (SSSR count). The number of thiophene rings is 1. The van der Waals surface area contributed by atoms with Gasteiger partial charge < -0.3 is 10.3 Å². The van der Waals surface area contributed by atoms with Crippen LogP contribution in [-0.4, -0.2) is 15.6 Å². The molecule has 3 aromatic rings. The molecule has 1 unspecified atom stereocenters. The van der Waals surface area contributed by atoms with Gasteiger partial charge in [0, 0.05) is 19.0 Å². The molecule has 1 aromatic carbocycles. The predicted octanol–water partition coefficient (Wildman–Crippen LogP) is 3.62. The Bertz CT molecular complexity index is 700. The molecule has 0 aliphatic heterocycles. The quantitative estimate of drug-likeness (QED) is 0.755. The number of para-hydroxylation sites is 2. The normalized spacial score (nSPS) is 12.9. The van der Waals surface area contributed by atoms with Crippen molar-refractivity contribution in [3.8, 4) is 0 Å². The Labute approximate surface area is 129 Å². The van der Waals surface area contributed by atoms with E-state index in [0.29, 0.717) is 0 Å². The van der Waals surface area contributed by atoms with Gasteiger partial charge in [-0.1, -0.05) is 19.1 Å². The maximum Gasteiger partial charge on any atom is 0.111 e. The molecule has 0 aliphatic rings. The average molecular weight is 299 g/mol. The van der Waals surface area contributed by atoms with Crippen molar-refractivity contribution in [1.82, 2.24) is 9.55 Å². The van der Waals surface area contributed by atoms with Gasteiger partial charge in [-0.3, -0.25) is 0 Å². The number of aryl methyl sites for hydroxylation is 1. The fourth-order valence-corrected chi connectivity index (χ4v) is 3.45. The van der Waals surface area contributed by atoms with Gasteiger partial charge in [0.05, 0.1) is 11.0 Å². The molecule has 2 aromatic heterocycles. The first-order chi connectivity index (χ1) is 10.3.